The number of halogens is 2. The van der Waals surface area contributed by atoms with Gasteiger partial charge in [0.05, 0.1) is 5.69 Å². The Kier molecular flexibility index (Phi) is 1.96. The lowest BCUT2D eigenvalue weighted by Crippen LogP contribution is -1.90. The van der Waals surface area contributed by atoms with Gasteiger partial charge in [-0.2, -0.15) is 0 Å². The number of hydrogen-bond acceptors (Lipinski definition) is 1. The Morgan fingerprint density at radius 1 is 1.15 bits per heavy atom. The van der Waals surface area contributed by atoms with E-state index in [1.165, 1.54) is 6.07 Å². The van der Waals surface area contributed by atoms with Gasteiger partial charge in [0, 0.05) is 15.2 Å². The third kappa shape index (κ3) is 1.29. The number of fused-ring (bicyclic) bond motifs is 1. The summed E-state index contributed by atoms with van der Waals surface area (Å²) in [6.45, 7) is 0. The first-order valence-electron chi connectivity index (χ1n) is 3.82. The van der Waals surface area contributed by atoms with Crippen molar-refractivity contribution < 1.29 is 4.39 Å². The minimum Gasteiger partial charge on any atom is -0.397 e. The van der Waals surface area contributed by atoms with Crippen molar-refractivity contribution in [1.82, 2.24) is 0 Å². The van der Waals surface area contributed by atoms with Gasteiger partial charge in [0.1, 0.15) is 5.82 Å². The molecule has 0 amide bonds. The Labute approximate surface area is 83.5 Å². The van der Waals surface area contributed by atoms with Crippen LogP contribution in [0.2, 0.25) is 0 Å². The van der Waals surface area contributed by atoms with Crippen molar-refractivity contribution in [2.75, 3.05) is 5.73 Å². The van der Waals surface area contributed by atoms with Crippen LogP contribution in [0.1, 0.15) is 0 Å². The Morgan fingerprint density at radius 3 is 2.46 bits per heavy atom. The molecule has 0 aliphatic heterocycles. The molecule has 0 spiro atoms. The summed E-state index contributed by atoms with van der Waals surface area (Å²) in [5, 5.41) is 1.30. The number of rotatable bonds is 0. The molecule has 2 N–H and O–H groups in total. The van der Waals surface area contributed by atoms with Gasteiger partial charge in [-0.25, -0.2) is 4.39 Å². The van der Waals surface area contributed by atoms with Crippen molar-refractivity contribution >= 4 is 32.4 Å². The van der Waals surface area contributed by atoms with E-state index in [4.69, 9.17) is 5.73 Å². The Hall–Kier alpha value is -1.09. The summed E-state index contributed by atoms with van der Waals surface area (Å²) >= 11 is 3.20. The van der Waals surface area contributed by atoms with Gasteiger partial charge in [0.15, 0.2) is 0 Å². The van der Waals surface area contributed by atoms with Crippen LogP contribution in [0.25, 0.3) is 10.8 Å². The minimum atomic E-state index is -0.253. The average Bonchev–Trinajstić information content (AvgIpc) is 2.15. The van der Waals surface area contributed by atoms with Gasteiger partial charge in [-0.3, -0.25) is 0 Å². The fraction of sp³-hybridized carbons (Fsp3) is 0. The maximum atomic E-state index is 13.3. The average molecular weight is 240 g/mol. The molecular weight excluding hydrogens is 233 g/mol. The first-order chi connectivity index (χ1) is 6.20. The predicted octanol–water partition coefficient (Wildman–Crippen LogP) is 3.32. The Bertz CT molecular complexity index is 468. The smallest absolute Gasteiger partial charge is 0.132 e. The molecule has 0 heterocycles. The predicted molar refractivity (Wildman–Crippen MR) is 56.0 cm³/mol. The number of anilines is 1. The highest BCUT2D eigenvalue weighted by molar-refractivity contribution is 9.10. The number of hydrogen-bond donors (Lipinski definition) is 1. The van der Waals surface area contributed by atoms with Crippen LogP contribution < -0.4 is 5.73 Å². The first kappa shape index (κ1) is 8.51. The quantitative estimate of drug-likeness (QED) is 0.702. The van der Waals surface area contributed by atoms with Gasteiger partial charge >= 0.3 is 0 Å². The molecule has 0 radical (unpaired) electrons. The Morgan fingerprint density at radius 2 is 1.77 bits per heavy atom. The molecule has 0 fully saturated rings. The van der Waals surface area contributed by atoms with Crippen molar-refractivity contribution in [3.8, 4) is 0 Å². The molecule has 0 bridgehead atoms. The van der Waals surface area contributed by atoms with Gasteiger partial charge in [-0.05, 0) is 22.0 Å². The minimum absolute atomic E-state index is 0.253. The number of nitrogens with two attached hydrogens (primary N) is 1. The lowest BCUT2D eigenvalue weighted by atomic mass is 10.1. The van der Waals surface area contributed by atoms with Gasteiger partial charge in [-0.15, -0.1) is 0 Å². The monoisotopic (exact) mass is 239 g/mol. The molecule has 13 heavy (non-hydrogen) atoms. The molecule has 0 aliphatic rings. The van der Waals surface area contributed by atoms with Crippen molar-refractivity contribution in [2.24, 2.45) is 0 Å². The standard InChI is InChI=1S/C10H7BrFN/c11-8-5-9(12)6-3-1-2-4-7(6)10(8)13/h1-5H,13H2. The van der Waals surface area contributed by atoms with E-state index in [9.17, 15) is 4.39 Å². The number of nitrogen functional groups attached to an aromatic ring is 1. The molecule has 0 aliphatic carbocycles. The largest absolute Gasteiger partial charge is 0.397 e. The summed E-state index contributed by atoms with van der Waals surface area (Å²) in [6, 6.07) is 8.53. The maximum absolute atomic E-state index is 13.3. The van der Waals surface area contributed by atoms with Crippen LogP contribution in [0, 0.1) is 5.82 Å². The normalized spacial score (nSPS) is 10.6. The van der Waals surface area contributed by atoms with Crippen molar-refractivity contribution in [3.05, 3.63) is 40.6 Å². The van der Waals surface area contributed by atoms with E-state index >= 15 is 0 Å². The molecular formula is C10H7BrFN. The molecule has 0 saturated heterocycles. The van der Waals surface area contributed by atoms with E-state index in [1.54, 1.807) is 18.2 Å². The molecule has 1 nitrogen and oxygen atoms in total. The van der Waals surface area contributed by atoms with Crippen molar-refractivity contribution in [3.63, 3.8) is 0 Å². The highest BCUT2D eigenvalue weighted by atomic mass is 79.9. The fourth-order valence-electron chi connectivity index (χ4n) is 1.32. The van der Waals surface area contributed by atoms with Crippen molar-refractivity contribution in [1.29, 1.82) is 0 Å². The van der Waals surface area contributed by atoms with Gasteiger partial charge in [0.2, 0.25) is 0 Å². The third-order valence-electron chi connectivity index (χ3n) is 1.99. The van der Waals surface area contributed by atoms with Gasteiger partial charge in [0.25, 0.3) is 0 Å². The van der Waals surface area contributed by atoms with Crippen LogP contribution in [0.5, 0.6) is 0 Å². The Balaban J connectivity index is 2.97. The zero-order valence-electron chi connectivity index (χ0n) is 6.72. The lowest BCUT2D eigenvalue weighted by molar-refractivity contribution is 0.639. The third-order valence-corrected chi connectivity index (χ3v) is 2.64. The van der Waals surface area contributed by atoms with Crippen LogP contribution in [0.3, 0.4) is 0 Å². The van der Waals surface area contributed by atoms with E-state index in [1.807, 2.05) is 6.07 Å². The van der Waals surface area contributed by atoms with E-state index in [2.05, 4.69) is 15.9 Å². The molecule has 66 valence electrons. The molecule has 2 rings (SSSR count). The second-order valence-corrected chi connectivity index (χ2v) is 3.65. The summed E-state index contributed by atoms with van der Waals surface area (Å²) in [5.41, 5.74) is 6.35. The lowest BCUT2D eigenvalue weighted by Gasteiger charge is -2.04. The molecule has 0 atom stereocenters. The summed E-state index contributed by atoms with van der Waals surface area (Å²) in [6.07, 6.45) is 0. The number of benzene rings is 2. The van der Waals surface area contributed by atoms with E-state index in [0.29, 0.717) is 15.5 Å². The highest BCUT2D eigenvalue weighted by Gasteiger charge is 2.06. The second-order valence-electron chi connectivity index (χ2n) is 2.80. The van der Waals surface area contributed by atoms with E-state index in [0.717, 1.165) is 5.39 Å². The summed E-state index contributed by atoms with van der Waals surface area (Å²) in [7, 11) is 0. The van der Waals surface area contributed by atoms with Crippen LogP contribution in [0.4, 0.5) is 10.1 Å². The summed E-state index contributed by atoms with van der Waals surface area (Å²) < 4.78 is 13.9. The van der Waals surface area contributed by atoms with Gasteiger partial charge in [-0.1, -0.05) is 24.3 Å². The topological polar surface area (TPSA) is 26.0 Å². The summed E-state index contributed by atoms with van der Waals surface area (Å²) in [5.74, 6) is -0.253. The fourth-order valence-corrected chi connectivity index (χ4v) is 1.74. The van der Waals surface area contributed by atoms with E-state index in [-0.39, 0.29) is 5.82 Å². The van der Waals surface area contributed by atoms with E-state index < -0.39 is 0 Å². The van der Waals surface area contributed by atoms with Crippen LogP contribution in [-0.2, 0) is 0 Å². The van der Waals surface area contributed by atoms with Crippen LogP contribution in [0.15, 0.2) is 34.8 Å². The van der Waals surface area contributed by atoms with Crippen molar-refractivity contribution in [2.45, 2.75) is 0 Å². The molecule has 2 aromatic carbocycles. The summed E-state index contributed by atoms with van der Waals surface area (Å²) in [4.78, 5) is 0. The maximum Gasteiger partial charge on any atom is 0.132 e. The zero-order valence-corrected chi connectivity index (χ0v) is 8.31. The molecule has 3 heteroatoms. The van der Waals surface area contributed by atoms with Gasteiger partial charge < -0.3 is 5.73 Å². The first-order valence-corrected chi connectivity index (χ1v) is 4.61. The molecule has 0 unspecified atom stereocenters. The SMILES string of the molecule is Nc1c(Br)cc(F)c2ccccc12. The second kappa shape index (κ2) is 3.00. The van der Waals surface area contributed by atoms with Crippen LogP contribution >= 0.6 is 15.9 Å². The molecule has 0 aromatic heterocycles. The molecule has 0 saturated carbocycles. The zero-order chi connectivity index (χ0) is 9.42. The highest BCUT2D eigenvalue weighted by Crippen LogP contribution is 2.30. The van der Waals surface area contributed by atoms with Crippen LogP contribution in [-0.4, -0.2) is 0 Å². The molecule has 2 aromatic rings.